The molecule has 4 amide bonds. The number of halogens is 1. The number of benzene rings is 2. The number of rotatable bonds is 8. The maximum absolute atomic E-state index is 13.7. The van der Waals surface area contributed by atoms with Gasteiger partial charge in [-0.25, -0.2) is 4.98 Å². The van der Waals surface area contributed by atoms with Crippen molar-refractivity contribution < 1.29 is 19.2 Å². The van der Waals surface area contributed by atoms with E-state index in [4.69, 9.17) is 17.3 Å². The average Bonchev–Trinajstić information content (AvgIpc) is 3.67. The van der Waals surface area contributed by atoms with Crippen LogP contribution in [0.25, 0.3) is 10.9 Å². The van der Waals surface area contributed by atoms with Crippen molar-refractivity contribution in [2.75, 3.05) is 10.6 Å². The number of hydrogen-bond acceptors (Lipinski definition) is 6. The van der Waals surface area contributed by atoms with E-state index in [0.29, 0.717) is 22.4 Å². The number of anilines is 2. The second-order valence-electron chi connectivity index (χ2n) is 10.6. The summed E-state index contributed by atoms with van der Waals surface area (Å²) < 4.78 is 1.42. The van der Waals surface area contributed by atoms with Gasteiger partial charge in [0.05, 0.1) is 11.9 Å². The quantitative estimate of drug-likeness (QED) is 0.270. The Morgan fingerprint density at radius 3 is 2.55 bits per heavy atom. The summed E-state index contributed by atoms with van der Waals surface area (Å²) >= 11 is 5.97. The van der Waals surface area contributed by atoms with E-state index in [1.807, 2.05) is 30.3 Å². The number of primary amides is 1. The second-order valence-corrected chi connectivity index (χ2v) is 11.0. The van der Waals surface area contributed by atoms with Gasteiger partial charge >= 0.3 is 0 Å². The summed E-state index contributed by atoms with van der Waals surface area (Å²) in [4.78, 5) is 57.7. The molecule has 2 aromatic heterocycles. The second kappa shape index (κ2) is 11.2. The number of nitrogens with one attached hydrogen (secondary N) is 2. The zero-order valence-corrected chi connectivity index (χ0v) is 23.3. The standard InChI is InChI=1S/C30H28ClN7O4/c31-23-7-4-8-24(34-23)35-30(42)28-18-9-11-20(14-18)38(28)26(40)16-37-22-12-10-19(15-21(22)27(36-37)29(32)41)33-25(39)13-17-5-2-1-3-6-17/h1-8,10,12,15,18,20,28H,9,11,13-14,16H2,(H2,32,41)(H,33,39)(H,34,35,42)/t18-,20+,28-/m0/s1. The monoisotopic (exact) mass is 585 g/mol. The van der Waals surface area contributed by atoms with Crippen LogP contribution in [-0.2, 0) is 27.3 Å². The van der Waals surface area contributed by atoms with Gasteiger partial charge in [0.2, 0.25) is 17.7 Å². The minimum absolute atomic E-state index is 0.0128. The Balaban J connectivity index is 1.22. The van der Waals surface area contributed by atoms with Crippen LogP contribution in [0.15, 0.2) is 66.7 Å². The molecule has 0 unspecified atom stereocenters. The van der Waals surface area contributed by atoms with Gasteiger partial charge in [0.15, 0.2) is 5.69 Å². The summed E-state index contributed by atoms with van der Waals surface area (Å²) in [6.07, 6.45) is 2.60. The third kappa shape index (κ3) is 5.42. The summed E-state index contributed by atoms with van der Waals surface area (Å²) in [5.74, 6) is -1.23. The molecule has 214 valence electrons. The van der Waals surface area contributed by atoms with Crippen LogP contribution in [0.4, 0.5) is 11.5 Å². The number of amides is 4. The first-order chi connectivity index (χ1) is 20.3. The molecule has 2 fully saturated rings. The molecule has 2 aromatic carbocycles. The zero-order valence-electron chi connectivity index (χ0n) is 22.5. The minimum Gasteiger partial charge on any atom is -0.364 e. The number of nitrogens with two attached hydrogens (primary N) is 1. The van der Waals surface area contributed by atoms with Gasteiger partial charge in [0.25, 0.3) is 5.91 Å². The minimum atomic E-state index is -0.759. The number of piperidine rings is 1. The highest BCUT2D eigenvalue weighted by atomic mass is 35.5. The smallest absolute Gasteiger partial charge is 0.269 e. The average molecular weight is 586 g/mol. The van der Waals surface area contributed by atoms with E-state index in [1.54, 1.807) is 41.3 Å². The van der Waals surface area contributed by atoms with Gasteiger partial charge in [-0.3, -0.25) is 23.9 Å². The Kier molecular flexibility index (Phi) is 7.34. The van der Waals surface area contributed by atoms with Crippen LogP contribution in [0.3, 0.4) is 0 Å². The number of carbonyl (C=O) groups is 4. The van der Waals surface area contributed by atoms with Crippen LogP contribution in [-0.4, -0.2) is 55.4 Å². The van der Waals surface area contributed by atoms with E-state index in [9.17, 15) is 19.2 Å². The number of carbonyl (C=O) groups excluding carboxylic acids is 4. The van der Waals surface area contributed by atoms with Crippen LogP contribution < -0.4 is 16.4 Å². The van der Waals surface area contributed by atoms with E-state index >= 15 is 0 Å². The molecule has 3 heterocycles. The number of likely N-dealkylation sites (tertiary alicyclic amines) is 1. The molecule has 2 bridgehead atoms. The van der Waals surface area contributed by atoms with Crippen molar-refractivity contribution in [2.45, 2.75) is 44.3 Å². The summed E-state index contributed by atoms with van der Waals surface area (Å²) in [6.45, 7) is -0.189. The number of fused-ring (bicyclic) bond motifs is 3. The fourth-order valence-corrected chi connectivity index (χ4v) is 6.28. The molecule has 1 aliphatic carbocycles. The molecule has 1 saturated carbocycles. The van der Waals surface area contributed by atoms with Gasteiger partial charge in [-0.1, -0.05) is 48.0 Å². The van der Waals surface area contributed by atoms with Crippen molar-refractivity contribution in [1.29, 1.82) is 0 Å². The maximum atomic E-state index is 13.7. The lowest BCUT2D eigenvalue weighted by molar-refractivity contribution is -0.141. The highest BCUT2D eigenvalue weighted by Crippen LogP contribution is 2.43. The first-order valence-corrected chi connectivity index (χ1v) is 14.0. The molecule has 3 atom stereocenters. The molecule has 4 aromatic rings. The summed E-state index contributed by atoms with van der Waals surface area (Å²) in [7, 11) is 0. The first kappa shape index (κ1) is 27.4. The summed E-state index contributed by atoms with van der Waals surface area (Å²) in [5, 5.41) is 10.7. The Morgan fingerprint density at radius 1 is 0.976 bits per heavy atom. The van der Waals surface area contributed by atoms with Crippen molar-refractivity contribution in [2.24, 2.45) is 11.7 Å². The van der Waals surface area contributed by atoms with Crippen molar-refractivity contribution in [3.8, 4) is 0 Å². The highest BCUT2D eigenvalue weighted by molar-refractivity contribution is 6.29. The lowest BCUT2D eigenvalue weighted by Gasteiger charge is -2.34. The number of hydrogen-bond donors (Lipinski definition) is 3. The van der Waals surface area contributed by atoms with Crippen molar-refractivity contribution in [1.82, 2.24) is 19.7 Å². The Bertz CT molecular complexity index is 1710. The molecule has 0 radical (unpaired) electrons. The molecule has 0 spiro atoms. The maximum Gasteiger partial charge on any atom is 0.269 e. The number of nitrogens with zero attached hydrogens (tertiary/aromatic N) is 4. The lowest BCUT2D eigenvalue weighted by Crippen LogP contribution is -2.52. The normalized spacial score (nSPS) is 19.2. The highest BCUT2D eigenvalue weighted by Gasteiger charge is 2.51. The van der Waals surface area contributed by atoms with Gasteiger partial charge in [0.1, 0.15) is 23.6 Å². The van der Waals surface area contributed by atoms with Crippen molar-refractivity contribution >= 4 is 57.6 Å². The largest absolute Gasteiger partial charge is 0.364 e. The van der Waals surface area contributed by atoms with Gasteiger partial charge < -0.3 is 21.3 Å². The number of aromatic nitrogens is 3. The van der Waals surface area contributed by atoms with Crippen LogP contribution in [0.5, 0.6) is 0 Å². The molecule has 6 rings (SSSR count). The van der Waals surface area contributed by atoms with Gasteiger partial charge in [-0.15, -0.1) is 0 Å². The van der Waals surface area contributed by atoms with Crippen LogP contribution >= 0.6 is 11.6 Å². The number of pyridine rings is 1. The van der Waals surface area contributed by atoms with E-state index in [2.05, 4.69) is 20.7 Å². The molecule has 12 heteroatoms. The molecule has 42 heavy (non-hydrogen) atoms. The van der Waals surface area contributed by atoms with Crippen molar-refractivity contribution in [3.05, 3.63) is 83.1 Å². The first-order valence-electron chi connectivity index (χ1n) is 13.7. The summed E-state index contributed by atoms with van der Waals surface area (Å²) in [6, 6.07) is 18.6. The third-order valence-electron chi connectivity index (χ3n) is 7.87. The fraction of sp³-hybridized carbons (Fsp3) is 0.267. The molecule has 1 aliphatic heterocycles. The third-order valence-corrected chi connectivity index (χ3v) is 8.08. The molecule has 2 aliphatic rings. The topological polar surface area (TPSA) is 152 Å². The predicted molar refractivity (Wildman–Crippen MR) is 157 cm³/mol. The molecular formula is C30H28ClN7O4. The lowest BCUT2D eigenvalue weighted by atomic mass is 9.97. The van der Waals surface area contributed by atoms with Crippen LogP contribution in [0, 0.1) is 5.92 Å². The van der Waals surface area contributed by atoms with E-state index in [1.165, 1.54) is 4.68 Å². The van der Waals surface area contributed by atoms with Crippen molar-refractivity contribution in [3.63, 3.8) is 0 Å². The Morgan fingerprint density at radius 2 is 1.79 bits per heavy atom. The molecule has 1 saturated heterocycles. The van der Waals surface area contributed by atoms with Gasteiger partial charge in [-0.2, -0.15) is 5.10 Å². The zero-order chi connectivity index (χ0) is 29.4. The molecule has 4 N–H and O–H groups in total. The molecule has 11 nitrogen and oxygen atoms in total. The fourth-order valence-electron chi connectivity index (χ4n) is 6.12. The van der Waals surface area contributed by atoms with E-state index in [-0.39, 0.29) is 53.5 Å². The predicted octanol–water partition coefficient (Wildman–Crippen LogP) is 3.38. The van der Waals surface area contributed by atoms with Crippen LogP contribution in [0.1, 0.15) is 35.3 Å². The Hall–Kier alpha value is -4.77. The SMILES string of the molecule is NC(=O)c1nn(CC(=O)N2[C@@H]3CC[C@@H](C3)[C@H]2C(=O)Nc2cccc(Cl)n2)c2ccc(NC(=O)Cc3ccccc3)cc12. The van der Waals surface area contributed by atoms with Gasteiger partial charge in [0, 0.05) is 17.1 Å². The van der Waals surface area contributed by atoms with E-state index in [0.717, 1.165) is 24.8 Å². The van der Waals surface area contributed by atoms with E-state index < -0.39 is 11.9 Å². The molecular weight excluding hydrogens is 558 g/mol. The van der Waals surface area contributed by atoms with Gasteiger partial charge in [-0.05, 0) is 61.1 Å². The summed E-state index contributed by atoms with van der Waals surface area (Å²) in [5.41, 5.74) is 7.46. The Labute approximate surface area is 246 Å². The van der Waals surface area contributed by atoms with Crippen LogP contribution in [0.2, 0.25) is 5.15 Å².